The van der Waals surface area contributed by atoms with Crippen molar-refractivity contribution in [3.63, 3.8) is 0 Å². The summed E-state index contributed by atoms with van der Waals surface area (Å²) >= 11 is 0. The van der Waals surface area contributed by atoms with Gasteiger partial charge in [0.2, 0.25) is 0 Å². The van der Waals surface area contributed by atoms with Gasteiger partial charge in [-0.25, -0.2) is 0 Å². The number of hydrogen-bond donors (Lipinski definition) is 0. The Hall–Kier alpha value is -6.80. The monoisotopic (exact) mass is 931 g/mol. The highest BCUT2D eigenvalue weighted by molar-refractivity contribution is 5.91. The van der Waals surface area contributed by atoms with Crippen LogP contribution in [-0.2, 0) is 11.8 Å². The Labute approximate surface area is 420 Å². The van der Waals surface area contributed by atoms with Crippen LogP contribution in [0.5, 0.6) is 5.75 Å². The Morgan fingerprint density at radius 1 is 0.803 bits per heavy atom. The number of fused-ring (bicyclic) bond motifs is 12. The number of terminal acetylenes is 1. The summed E-state index contributed by atoms with van der Waals surface area (Å²) in [4.78, 5) is 2.91. The largest absolute Gasteiger partial charge is 0.489 e. The number of furan rings is 1. The number of nitrogens with zero attached hydrogens (tertiary/aromatic N) is 2. The third-order valence-electron chi connectivity index (χ3n) is 17.6. The summed E-state index contributed by atoms with van der Waals surface area (Å²) in [6.45, 7) is 12.9. The van der Waals surface area contributed by atoms with Gasteiger partial charge in [-0.15, -0.1) is 6.42 Å². The Morgan fingerprint density at radius 3 is 2.21 bits per heavy atom. The SMILES string of the molecule is C#C/C=c1\c(=C/CN(C(C)CCC(CC)C(C)(C)C)C2C[C@H]3C(c4c(ccc5c6c(oc45)C=CCC6)C3(c3ccccc3)c3ccccc3)C3Oc4ccccc4C32)n(-c2ccccc2)c2ccccc12. The van der Waals surface area contributed by atoms with E-state index >= 15 is 0 Å². The van der Waals surface area contributed by atoms with Crippen LogP contribution < -0.4 is 15.3 Å². The molecule has 12 rings (SSSR count). The first-order valence-corrected chi connectivity index (χ1v) is 26.4. The molecule has 0 N–H and O–H groups in total. The van der Waals surface area contributed by atoms with E-state index in [4.69, 9.17) is 15.6 Å². The van der Waals surface area contributed by atoms with Gasteiger partial charge in [0.1, 0.15) is 23.2 Å². The highest BCUT2D eigenvalue weighted by atomic mass is 16.5. The van der Waals surface area contributed by atoms with Gasteiger partial charge in [-0.1, -0.05) is 174 Å². The Balaban J connectivity index is 1.11. The second-order valence-corrected chi connectivity index (χ2v) is 22.0. The fourth-order valence-corrected chi connectivity index (χ4v) is 14.4. The smallest absolute Gasteiger partial charge is 0.139 e. The maximum atomic E-state index is 7.63. The summed E-state index contributed by atoms with van der Waals surface area (Å²) in [7, 11) is 0. The first-order valence-electron chi connectivity index (χ1n) is 26.4. The molecule has 3 heterocycles. The van der Waals surface area contributed by atoms with Crippen LogP contribution in [-0.4, -0.2) is 34.2 Å². The number of hydrogen-bond acceptors (Lipinski definition) is 3. The van der Waals surface area contributed by atoms with Gasteiger partial charge >= 0.3 is 0 Å². The van der Waals surface area contributed by atoms with E-state index in [9.17, 15) is 0 Å². The summed E-state index contributed by atoms with van der Waals surface area (Å²) in [6.07, 6.45) is 21.5. The predicted octanol–water partition coefficient (Wildman–Crippen LogP) is 14.1. The first-order chi connectivity index (χ1) is 34.7. The number of ether oxygens (including phenoxy) is 1. The molecule has 4 nitrogen and oxygen atoms in total. The summed E-state index contributed by atoms with van der Waals surface area (Å²) < 4.78 is 17.2. The highest BCUT2D eigenvalue weighted by Gasteiger charge is 2.64. The van der Waals surface area contributed by atoms with E-state index in [0.717, 1.165) is 82.9 Å². The lowest BCUT2D eigenvalue weighted by atomic mass is 9.57. The lowest BCUT2D eigenvalue weighted by Crippen LogP contribution is -2.56. The minimum absolute atomic E-state index is 0.0586. The minimum atomic E-state index is -0.478. The molecule has 3 aliphatic carbocycles. The van der Waals surface area contributed by atoms with Gasteiger partial charge in [0.15, 0.2) is 0 Å². The van der Waals surface area contributed by atoms with Crippen LogP contribution in [0.15, 0.2) is 162 Å². The molecule has 0 radical (unpaired) electrons. The number of allylic oxidation sites excluding steroid dienone is 1. The lowest BCUT2D eigenvalue weighted by Gasteiger charge is -2.51. The predicted molar refractivity (Wildman–Crippen MR) is 293 cm³/mol. The van der Waals surface area contributed by atoms with Gasteiger partial charge in [-0.05, 0) is 115 Å². The maximum absolute atomic E-state index is 7.63. The molecule has 2 aromatic heterocycles. The van der Waals surface area contributed by atoms with Gasteiger partial charge < -0.3 is 13.7 Å². The number of para-hydroxylation sites is 3. The molecule has 4 aliphatic rings. The van der Waals surface area contributed by atoms with Crippen molar-refractivity contribution in [1.82, 2.24) is 9.47 Å². The fraction of sp³-hybridized carbons (Fsp3) is 0.313. The van der Waals surface area contributed by atoms with Crippen LogP contribution in [0.3, 0.4) is 0 Å². The molecule has 8 aromatic rings. The zero-order chi connectivity index (χ0) is 48.4. The third kappa shape index (κ3) is 7.29. The van der Waals surface area contributed by atoms with Crippen molar-refractivity contribution in [3.8, 4) is 23.8 Å². The molecule has 7 atom stereocenters. The number of aryl methyl sites for hydroxylation is 1. The standard InChI is InChI=1S/C67H66N2O2/c1-7-24-49-50-31-18-21-34-56(50)69(48-29-16-11-17-30-48)57(49)41-42-68(44(3)37-38-45(8-2)66(4,5)6)58-43-55-63(65-61(58)53-33-20-23-36-60(53)71-65)62-54(40-39-52-51-32-19-22-35-59(51)70-64(52)62)67(55,46-25-12-9-13-26-46)47-27-14-10-15-28-47/h1,9-18,20-31,33-36,39-41,44-45,55,58,61,63,65H,8,19,32,37-38,42-43H2,2-6H3/b49-24-,57-41+/t44?,45?,55-,58?,61?,63?,65?/m0/s1. The topological polar surface area (TPSA) is 30.5 Å². The van der Waals surface area contributed by atoms with Gasteiger partial charge in [-0.3, -0.25) is 4.90 Å². The molecular weight excluding hydrogens is 865 g/mol. The lowest BCUT2D eigenvalue weighted by molar-refractivity contribution is 0.00961. The average molecular weight is 931 g/mol. The molecule has 0 spiro atoms. The maximum Gasteiger partial charge on any atom is 0.139 e. The first kappa shape index (κ1) is 45.3. The molecule has 1 fully saturated rings. The number of rotatable bonds is 11. The second kappa shape index (κ2) is 18.1. The van der Waals surface area contributed by atoms with E-state index in [1.807, 2.05) is 6.08 Å². The quantitative estimate of drug-likeness (QED) is 0.121. The molecule has 71 heavy (non-hydrogen) atoms. The van der Waals surface area contributed by atoms with Gasteiger partial charge in [-0.2, -0.15) is 0 Å². The second-order valence-electron chi connectivity index (χ2n) is 22.0. The molecule has 0 amide bonds. The van der Waals surface area contributed by atoms with Crippen molar-refractivity contribution in [1.29, 1.82) is 0 Å². The fourth-order valence-electron chi connectivity index (χ4n) is 14.4. The van der Waals surface area contributed by atoms with Crippen molar-refractivity contribution in [3.05, 3.63) is 207 Å². The van der Waals surface area contributed by atoms with Crippen LogP contribution in [0.4, 0.5) is 0 Å². The van der Waals surface area contributed by atoms with Crippen molar-refractivity contribution < 1.29 is 9.15 Å². The summed E-state index contributed by atoms with van der Waals surface area (Å²) in [5.74, 6) is 5.90. The van der Waals surface area contributed by atoms with E-state index in [0.29, 0.717) is 5.92 Å². The van der Waals surface area contributed by atoms with E-state index in [1.54, 1.807) is 0 Å². The van der Waals surface area contributed by atoms with Crippen LogP contribution in [0, 0.1) is 29.6 Å². The molecule has 0 bridgehead atoms. The molecule has 6 unspecified atom stereocenters. The van der Waals surface area contributed by atoms with Gasteiger partial charge in [0, 0.05) is 74.2 Å². The average Bonchev–Trinajstić information content (AvgIpc) is 4.15. The summed E-state index contributed by atoms with van der Waals surface area (Å²) in [6, 6.07) is 56.7. The van der Waals surface area contributed by atoms with E-state index in [-0.39, 0.29) is 41.4 Å². The van der Waals surface area contributed by atoms with Crippen LogP contribution in [0.25, 0.3) is 45.8 Å². The third-order valence-corrected chi connectivity index (χ3v) is 17.6. The van der Waals surface area contributed by atoms with E-state index in [2.05, 4.69) is 220 Å². The van der Waals surface area contributed by atoms with Crippen LogP contribution in [0.2, 0.25) is 0 Å². The summed E-state index contributed by atoms with van der Waals surface area (Å²) in [5, 5.41) is 4.65. The number of benzene rings is 6. The van der Waals surface area contributed by atoms with Crippen molar-refractivity contribution in [2.24, 2.45) is 17.3 Å². The zero-order valence-corrected chi connectivity index (χ0v) is 42.0. The van der Waals surface area contributed by atoms with E-state index in [1.165, 1.54) is 45.2 Å². The molecule has 1 saturated carbocycles. The zero-order valence-electron chi connectivity index (χ0n) is 42.0. The van der Waals surface area contributed by atoms with Gasteiger partial charge in [0.25, 0.3) is 0 Å². The molecule has 4 heteroatoms. The molecular formula is C67H66N2O2. The van der Waals surface area contributed by atoms with Crippen LogP contribution >= 0.6 is 0 Å². The van der Waals surface area contributed by atoms with Gasteiger partial charge in [0.05, 0.1) is 10.9 Å². The summed E-state index contributed by atoms with van der Waals surface area (Å²) in [5.41, 5.74) is 11.1. The Kier molecular flexibility index (Phi) is 11.6. The highest BCUT2D eigenvalue weighted by Crippen LogP contribution is 2.67. The van der Waals surface area contributed by atoms with Crippen LogP contribution in [0.1, 0.15) is 118 Å². The molecule has 356 valence electrons. The van der Waals surface area contributed by atoms with E-state index < -0.39 is 5.41 Å². The minimum Gasteiger partial charge on any atom is -0.489 e. The van der Waals surface area contributed by atoms with Crippen molar-refractivity contribution in [2.45, 2.75) is 109 Å². The normalized spacial score (nSPS) is 22.1. The van der Waals surface area contributed by atoms with Crippen molar-refractivity contribution in [2.75, 3.05) is 6.54 Å². The Morgan fingerprint density at radius 2 is 1.49 bits per heavy atom. The molecule has 6 aromatic carbocycles. The molecule has 0 saturated heterocycles. The number of aromatic nitrogens is 1. The Bertz CT molecular complexity index is 3420. The van der Waals surface area contributed by atoms with Crippen molar-refractivity contribution >= 4 is 40.1 Å². The molecule has 1 aliphatic heterocycles.